The summed E-state index contributed by atoms with van der Waals surface area (Å²) >= 11 is 5.51. The van der Waals surface area contributed by atoms with Crippen LogP contribution in [0.25, 0.3) is 0 Å². The lowest BCUT2D eigenvalue weighted by Gasteiger charge is -2.11. The molecule has 0 aliphatic carbocycles. The van der Waals surface area contributed by atoms with E-state index in [4.69, 9.17) is 16.7 Å². The van der Waals surface area contributed by atoms with E-state index >= 15 is 0 Å². The van der Waals surface area contributed by atoms with Crippen LogP contribution in [0.1, 0.15) is 28.9 Å². The van der Waals surface area contributed by atoms with Crippen molar-refractivity contribution >= 4 is 17.6 Å². The van der Waals surface area contributed by atoms with Crippen LogP contribution in [-0.2, 0) is 17.1 Å². The fourth-order valence-electron chi connectivity index (χ4n) is 1.44. The molecule has 0 bridgehead atoms. The number of pyridine rings is 1. The van der Waals surface area contributed by atoms with Gasteiger partial charge in [-0.1, -0.05) is 0 Å². The topological polar surface area (TPSA) is 50.2 Å². The van der Waals surface area contributed by atoms with Crippen molar-refractivity contribution in [3.63, 3.8) is 0 Å². The molecule has 1 heterocycles. The molecule has 0 atom stereocenters. The Labute approximate surface area is 96.1 Å². The highest BCUT2D eigenvalue weighted by Crippen LogP contribution is 2.26. The number of carboxylic acids is 1. The van der Waals surface area contributed by atoms with E-state index in [1.54, 1.807) is 0 Å². The van der Waals surface area contributed by atoms with Crippen LogP contribution in [-0.4, -0.2) is 16.1 Å². The second-order valence-corrected chi connectivity index (χ2v) is 3.54. The zero-order chi connectivity index (χ0) is 12.3. The van der Waals surface area contributed by atoms with E-state index in [1.807, 2.05) is 0 Å². The Hall–Kier alpha value is -1.23. The lowest BCUT2D eigenvalue weighted by atomic mass is 10.0. The molecule has 0 saturated carbocycles. The van der Waals surface area contributed by atoms with Gasteiger partial charge in [-0.2, -0.15) is 0 Å². The number of carbonyl (C=O) groups is 1. The van der Waals surface area contributed by atoms with Gasteiger partial charge in [0, 0.05) is 11.3 Å². The standard InChI is InChI=1S/C10H10ClF2NO2/c1-5-7(3-9(15)16)8(10(12)13)2-6(4-11)14-5/h2,10H,3-4H2,1H3,(H,15,16). The van der Waals surface area contributed by atoms with Gasteiger partial charge >= 0.3 is 5.97 Å². The summed E-state index contributed by atoms with van der Waals surface area (Å²) in [4.78, 5) is 14.5. The Bertz CT molecular complexity index is 410. The molecule has 16 heavy (non-hydrogen) atoms. The monoisotopic (exact) mass is 249 g/mol. The summed E-state index contributed by atoms with van der Waals surface area (Å²) in [7, 11) is 0. The van der Waals surface area contributed by atoms with Crippen LogP contribution in [0.15, 0.2) is 6.07 Å². The van der Waals surface area contributed by atoms with Crippen molar-refractivity contribution in [1.82, 2.24) is 4.98 Å². The van der Waals surface area contributed by atoms with Crippen LogP contribution < -0.4 is 0 Å². The summed E-state index contributed by atoms with van der Waals surface area (Å²) in [5.74, 6) is -1.14. The molecule has 3 nitrogen and oxygen atoms in total. The summed E-state index contributed by atoms with van der Waals surface area (Å²) in [5.41, 5.74) is 0.376. The molecular formula is C10H10ClF2NO2. The zero-order valence-electron chi connectivity index (χ0n) is 8.51. The smallest absolute Gasteiger partial charge is 0.307 e. The van der Waals surface area contributed by atoms with Crippen molar-refractivity contribution in [1.29, 1.82) is 0 Å². The molecule has 0 aromatic carbocycles. The number of aryl methyl sites for hydroxylation is 1. The van der Waals surface area contributed by atoms with Crippen molar-refractivity contribution in [2.45, 2.75) is 25.7 Å². The number of rotatable bonds is 4. The summed E-state index contributed by atoms with van der Waals surface area (Å²) in [6.45, 7) is 1.50. The van der Waals surface area contributed by atoms with Gasteiger partial charge in [0.15, 0.2) is 0 Å². The van der Waals surface area contributed by atoms with Gasteiger partial charge in [0.25, 0.3) is 6.43 Å². The molecule has 1 aromatic heterocycles. The summed E-state index contributed by atoms with van der Waals surface area (Å²) in [5, 5.41) is 8.63. The van der Waals surface area contributed by atoms with Crippen molar-refractivity contribution in [2.24, 2.45) is 0 Å². The first-order valence-electron chi connectivity index (χ1n) is 4.51. The van der Waals surface area contributed by atoms with E-state index in [2.05, 4.69) is 4.98 Å². The van der Waals surface area contributed by atoms with Crippen LogP contribution >= 0.6 is 11.6 Å². The maximum absolute atomic E-state index is 12.7. The minimum Gasteiger partial charge on any atom is -0.481 e. The van der Waals surface area contributed by atoms with Crippen LogP contribution in [0.4, 0.5) is 8.78 Å². The molecule has 0 unspecified atom stereocenters. The van der Waals surface area contributed by atoms with Gasteiger partial charge < -0.3 is 5.11 Å². The highest BCUT2D eigenvalue weighted by atomic mass is 35.5. The largest absolute Gasteiger partial charge is 0.481 e. The van der Waals surface area contributed by atoms with Crippen LogP contribution in [0.3, 0.4) is 0 Å². The number of nitrogens with zero attached hydrogens (tertiary/aromatic N) is 1. The van der Waals surface area contributed by atoms with E-state index in [-0.39, 0.29) is 22.7 Å². The molecule has 0 aliphatic heterocycles. The first-order valence-corrected chi connectivity index (χ1v) is 5.04. The molecule has 0 aliphatic rings. The lowest BCUT2D eigenvalue weighted by Crippen LogP contribution is -2.09. The first-order chi connectivity index (χ1) is 7.45. The number of aliphatic carboxylic acids is 1. The number of alkyl halides is 3. The van der Waals surface area contributed by atoms with Crippen LogP contribution in [0, 0.1) is 6.92 Å². The number of aromatic nitrogens is 1. The van der Waals surface area contributed by atoms with Gasteiger partial charge in [-0.05, 0) is 18.6 Å². The van der Waals surface area contributed by atoms with E-state index < -0.39 is 18.8 Å². The average molecular weight is 250 g/mol. The number of halogens is 3. The fraction of sp³-hybridized carbons (Fsp3) is 0.400. The molecule has 1 aromatic rings. The second-order valence-electron chi connectivity index (χ2n) is 3.27. The molecule has 1 N–H and O–H groups in total. The van der Waals surface area contributed by atoms with E-state index in [1.165, 1.54) is 6.92 Å². The molecular weight excluding hydrogens is 240 g/mol. The van der Waals surface area contributed by atoms with E-state index in [0.717, 1.165) is 6.07 Å². The van der Waals surface area contributed by atoms with Gasteiger partial charge in [-0.3, -0.25) is 9.78 Å². The molecule has 0 saturated heterocycles. The van der Waals surface area contributed by atoms with Crippen molar-refractivity contribution in [2.75, 3.05) is 0 Å². The van der Waals surface area contributed by atoms with Gasteiger partial charge in [-0.15, -0.1) is 11.6 Å². The van der Waals surface area contributed by atoms with Crippen molar-refractivity contribution in [3.05, 3.63) is 28.6 Å². The van der Waals surface area contributed by atoms with Crippen LogP contribution in [0.2, 0.25) is 0 Å². The Balaban J connectivity index is 3.27. The Morgan fingerprint density at radius 2 is 2.25 bits per heavy atom. The molecule has 6 heteroatoms. The van der Waals surface area contributed by atoms with E-state index in [0.29, 0.717) is 5.69 Å². The quantitative estimate of drug-likeness (QED) is 0.835. The normalized spacial score (nSPS) is 10.8. The van der Waals surface area contributed by atoms with Gasteiger partial charge in [0.1, 0.15) is 0 Å². The zero-order valence-corrected chi connectivity index (χ0v) is 9.26. The predicted molar refractivity (Wildman–Crippen MR) is 54.8 cm³/mol. The van der Waals surface area contributed by atoms with Crippen molar-refractivity contribution < 1.29 is 18.7 Å². The number of hydrogen-bond donors (Lipinski definition) is 1. The highest BCUT2D eigenvalue weighted by molar-refractivity contribution is 6.16. The predicted octanol–water partition coefficient (Wildman–Crippen LogP) is 2.69. The van der Waals surface area contributed by atoms with Gasteiger partial charge in [0.2, 0.25) is 0 Å². The first kappa shape index (κ1) is 12.8. The Morgan fingerprint density at radius 1 is 1.62 bits per heavy atom. The molecule has 1 rings (SSSR count). The van der Waals surface area contributed by atoms with Gasteiger partial charge in [-0.25, -0.2) is 8.78 Å². The fourth-order valence-corrected chi connectivity index (χ4v) is 1.57. The van der Waals surface area contributed by atoms with E-state index in [9.17, 15) is 13.6 Å². The SMILES string of the molecule is Cc1nc(CCl)cc(C(F)F)c1CC(=O)O. The maximum atomic E-state index is 12.7. The third-order valence-electron chi connectivity index (χ3n) is 2.12. The lowest BCUT2D eigenvalue weighted by molar-refractivity contribution is -0.136. The summed E-state index contributed by atoms with van der Waals surface area (Å²) in [6, 6.07) is 1.16. The number of hydrogen-bond acceptors (Lipinski definition) is 2. The molecule has 0 fully saturated rings. The molecule has 0 amide bonds. The second kappa shape index (κ2) is 5.21. The molecule has 0 radical (unpaired) electrons. The third kappa shape index (κ3) is 2.88. The highest BCUT2D eigenvalue weighted by Gasteiger charge is 2.19. The third-order valence-corrected chi connectivity index (χ3v) is 2.39. The molecule has 0 spiro atoms. The van der Waals surface area contributed by atoms with Crippen molar-refractivity contribution in [3.8, 4) is 0 Å². The number of carboxylic acid groups (broad SMARTS) is 1. The van der Waals surface area contributed by atoms with Gasteiger partial charge in [0.05, 0.1) is 18.0 Å². The maximum Gasteiger partial charge on any atom is 0.307 e. The Morgan fingerprint density at radius 3 is 2.69 bits per heavy atom. The minimum absolute atomic E-state index is 0.0217. The average Bonchev–Trinajstić information content (AvgIpc) is 2.19. The summed E-state index contributed by atoms with van der Waals surface area (Å²) < 4.78 is 25.4. The summed E-state index contributed by atoms with van der Waals surface area (Å²) in [6.07, 6.45) is -3.18. The Kier molecular flexibility index (Phi) is 4.18. The molecule has 88 valence electrons. The minimum atomic E-state index is -2.72. The van der Waals surface area contributed by atoms with Crippen LogP contribution in [0.5, 0.6) is 0 Å².